The van der Waals surface area contributed by atoms with E-state index in [1.165, 1.54) is 23.2 Å². The van der Waals surface area contributed by atoms with Crippen LogP contribution in [0.1, 0.15) is 10.5 Å². The Labute approximate surface area is 103 Å². The molecule has 3 N–H and O–H groups in total. The van der Waals surface area contributed by atoms with Crippen LogP contribution in [-0.2, 0) is 4.79 Å². The van der Waals surface area contributed by atoms with E-state index in [0.717, 1.165) is 0 Å². The van der Waals surface area contributed by atoms with Crippen molar-refractivity contribution >= 4 is 11.9 Å². The predicted octanol–water partition coefficient (Wildman–Crippen LogP) is -0.714. The lowest BCUT2D eigenvalue weighted by atomic mass is 10.1. The molecule has 1 saturated heterocycles. The first-order chi connectivity index (χ1) is 8.61. The van der Waals surface area contributed by atoms with E-state index in [9.17, 15) is 14.7 Å². The van der Waals surface area contributed by atoms with Crippen molar-refractivity contribution in [3.63, 3.8) is 0 Å². The average Bonchev–Trinajstić information content (AvgIpc) is 2.38. The number of nitrogens with zero attached hydrogens (tertiary/aromatic N) is 2. The zero-order valence-corrected chi connectivity index (χ0v) is 9.54. The molecule has 0 bridgehead atoms. The van der Waals surface area contributed by atoms with Crippen LogP contribution in [0.15, 0.2) is 18.3 Å². The van der Waals surface area contributed by atoms with Gasteiger partial charge in [-0.25, -0.2) is 9.78 Å². The molecule has 0 aromatic carbocycles. The van der Waals surface area contributed by atoms with Gasteiger partial charge in [0.05, 0.1) is 0 Å². The standard InChI is InChI=1S/C11H13N3O4/c15-8-2-1-3-13-9(8)10(16)14-5-4-12-6-7(14)11(17)18/h1-3,7,12,15H,4-6H2,(H,17,18). The summed E-state index contributed by atoms with van der Waals surface area (Å²) in [4.78, 5) is 28.2. The molecule has 2 rings (SSSR count). The summed E-state index contributed by atoms with van der Waals surface area (Å²) in [6.07, 6.45) is 1.38. The van der Waals surface area contributed by atoms with Crippen LogP contribution in [-0.4, -0.2) is 57.6 Å². The molecule has 1 aliphatic heterocycles. The highest BCUT2D eigenvalue weighted by atomic mass is 16.4. The molecule has 0 saturated carbocycles. The molecule has 1 atom stereocenters. The Hall–Kier alpha value is -2.15. The van der Waals surface area contributed by atoms with Crippen LogP contribution in [0.5, 0.6) is 5.75 Å². The van der Waals surface area contributed by atoms with Gasteiger partial charge in [-0.15, -0.1) is 0 Å². The Morgan fingerprint density at radius 2 is 2.28 bits per heavy atom. The van der Waals surface area contributed by atoms with Crippen LogP contribution in [0, 0.1) is 0 Å². The molecule has 0 spiro atoms. The third-order valence-electron chi connectivity index (χ3n) is 2.78. The fourth-order valence-electron chi connectivity index (χ4n) is 1.87. The van der Waals surface area contributed by atoms with Crippen LogP contribution in [0.25, 0.3) is 0 Å². The highest BCUT2D eigenvalue weighted by Crippen LogP contribution is 2.17. The summed E-state index contributed by atoms with van der Waals surface area (Å²) in [5, 5.41) is 21.5. The third-order valence-corrected chi connectivity index (χ3v) is 2.78. The quantitative estimate of drug-likeness (QED) is 0.641. The first-order valence-electron chi connectivity index (χ1n) is 5.49. The van der Waals surface area contributed by atoms with Crippen molar-refractivity contribution in [3.05, 3.63) is 24.0 Å². The van der Waals surface area contributed by atoms with E-state index < -0.39 is 17.9 Å². The Morgan fingerprint density at radius 3 is 2.94 bits per heavy atom. The molecule has 2 heterocycles. The first kappa shape index (κ1) is 12.3. The normalized spacial score (nSPS) is 19.6. The van der Waals surface area contributed by atoms with Gasteiger partial charge >= 0.3 is 5.97 Å². The van der Waals surface area contributed by atoms with Crippen LogP contribution in [0.3, 0.4) is 0 Å². The number of hydrogen-bond acceptors (Lipinski definition) is 5. The van der Waals surface area contributed by atoms with Crippen molar-refractivity contribution in [2.75, 3.05) is 19.6 Å². The first-order valence-corrected chi connectivity index (χ1v) is 5.49. The fourth-order valence-corrected chi connectivity index (χ4v) is 1.87. The minimum Gasteiger partial charge on any atom is -0.505 e. The van der Waals surface area contributed by atoms with Gasteiger partial charge in [0.25, 0.3) is 5.91 Å². The number of nitrogens with one attached hydrogen (secondary N) is 1. The van der Waals surface area contributed by atoms with Gasteiger partial charge in [-0.2, -0.15) is 0 Å². The lowest BCUT2D eigenvalue weighted by molar-refractivity contribution is -0.142. The minimum absolute atomic E-state index is 0.120. The molecular weight excluding hydrogens is 238 g/mol. The number of carboxylic acid groups (broad SMARTS) is 1. The maximum absolute atomic E-state index is 12.1. The second-order valence-corrected chi connectivity index (χ2v) is 3.93. The Morgan fingerprint density at radius 1 is 1.50 bits per heavy atom. The molecule has 1 aliphatic rings. The number of piperazine rings is 1. The van der Waals surface area contributed by atoms with Gasteiger partial charge in [-0.1, -0.05) is 0 Å². The number of aromatic hydroxyl groups is 1. The van der Waals surface area contributed by atoms with Crippen molar-refractivity contribution in [2.45, 2.75) is 6.04 Å². The number of carbonyl (C=O) groups is 2. The SMILES string of the molecule is O=C(O)C1CNCCN1C(=O)c1ncccc1O. The number of hydrogen-bond donors (Lipinski definition) is 3. The lowest BCUT2D eigenvalue weighted by Gasteiger charge is -2.33. The molecule has 18 heavy (non-hydrogen) atoms. The molecule has 96 valence electrons. The zero-order valence-electron chi connectivity index (χ0n) is 9.54. The molecule has 1 aromatic rings. The lowest BCUT2D eigenvalue weighted by Crippen LogP contribution is -2.57. The maximum atomic E-state index is 12.1. The highest BCUT2D eigenvalue weighted by molar-refractivity contribution is 5.97. The molecule has 0 radical (unpaired) electrons. The van der Waals surface area contributed by atoms with E-state index in [2.05, 4.69) is 10.3 Å². The van der Waals surface area contributed by atoms with Gasteiger partial charge in [0, 0.05) is 25.8 Å². The fraction of sp³-hybridized carbons (Fsp3) is 0.364. The summed E-state index contributed by atoms with van der Waals surface area (Å²) >= 11 is 0. The van der Waals surface area contributed by atoms with Crippen molar-refractivity contribution in [3.8, 4) is 5.75 Å². The number of aromatic nitrogens is 1. The Kier molecular flexibility index (Phi) is 3.42. The third kappa shape index (κ3) is 2.25. The summed E-state index contributed by atoms with van der Waals surface area (Å²) in [7, 11) is 0. The second kappa shape index (κ2) is 5.01. The van der Waals surface area contributed by atoms with Crippen LogP contribution < -0.4 is 5.32 Å². The molecule has 7 heteroatoms. The van der Waals surface area contributed by atoms with Crippen LogP contribution >= 0.6 is 0 Å². The number of pyridine rings is 1. The molecule has 1 amide bonds. The Bertz CT molecular complexity index is 477. The van der Waals surface area contributed by atoms with E-state index in [-0.39, 0.29) is 24.5 Å². The summed E-state index contributed by atoms with van der Waals surface area (Å²) < 4.78 is 0. The number of carboxylic acids is 1. The zero-order chi connectivity index (χ0) is 13.1. The van der Waals surface area contributed by atoms with E-state index in [4.69, 9.17) is 5.11 Å². The number of rotatable bonds is 2. The molecule has 0 aliphatic carbocycles. The van der Waals surface area contributed by atoms with E-state index in [0.29, 0.717) is 6.54 Å². The van der Waals surface area contributed by atoms with Gasteiger partial charge in [-0.3, -0.25) is 4.79 Å². The number of carbonyl (C=O) groups excluding carboxylic acids is 1. The maximum Gasteiger partial charge on any atom is 0.327 e. The number of aliphatic carboxylic acids is 1. The molecular formula is C11H13N3O4. The summed E-state index contributed by atoms with van der Waals surface area (Å²) in [6.45, 7) is 0.976. The van der Waals surface area contributed by atoms with Crippen molar-refractivity contribution in [1.82, 2.24) is 15.2 Å². The van der Waals surface area contributed by atoms with Gasteiger partial charge in [0.15, 0.2) is 5.69 Å². The van der Waals surface area contributed by atoms with Gasteiger partial charge in [0.1, 0.15) is 11.8 Å². The van der Waals surface area contributed by atoms with Crippen LogP contribution in [0.4, 0.5) is 0 Å². The Balaban J connectivity index is 2.27. The monoisotopic (exact) mass is 251 g/mol. The molecule has 1 fully saturated rings. The largest absolute Gasteiger partial charge is 0.505 e. The van der Waals surface area contributed by atoms with Gasteiger partial charge in [0.2, 0.25) is 0 Å². The minimum atomic E-state index is -1.08. The van der Waals surface area contributed by atoms with E-state index >= 15 is 0 Å². The summed E-state index contributed by atoms with van der Waals surface area (Å²) in [6, 6.07) is 1.91. The number of amides is 1. The average molecular weight is 251 g/mol. The summed E-state index contributed by atoms with van der Waals surface area (Å²) in [5.41, 5.74) is -0.120. The molecule has 7 nitrogen and oxygen atoms in total. The second-order valence-electron chi connectivity index (χ2n) is 3.93. The molecule has 1 aromatic heterocycles. The highest BCUT2D eigenvalue weighted by Gasteiger charge is 2.33. The van der Waals surface area contributed by atoms with E-state index in [1.807, 2.05) is 0 Å². The molecule has 1 unspecified atom stereocenters. The predicted molar refractivity (Wildman–Crippen MR) is 61.2 cm³/mol. The van der Waals surface area contributed by atoms with Crippen molar-refractivity contribution in [1.29, 1.82) is 0 Å². The van der Waals surface area contributed by atoms with Gasteiger partial charge in [-0.05, 0) is 12.1 Å². The van der Waals surface area contributed by atoms with E-state index in [1.54, 1.807) is 0 Å². The van der Waals surface area contributed by atoms with Crippen LogP contribution in [0.2, 0.25) is 0 Å². The summed E-state index contributed by atoms with van der Waals surface area (Å²) in [5.74, 6) is -1.89. The van der Waals surface area contributed by atoms with Crippen molar-refractivity contribution < 1.29 is 19.8 Å². The smallest absolute Gasteiger partial charge is 0.327 e. The topological polar surface area (TPSA) is 103 Å². The van der Waals surface area contributed by atoms with Gasteiger partial charge < -0.3 is 20.4 Å². The van der Waals surface area contributed by atoms with Crippen molar-refractivity contribution in [2.24, 2.45) is 0 Å².